The quantitative estimate of drug-likeness (QED) is 0.856. The monoisotopic (exact) mass is 263 g/mol. The SMILES string of the molecule is CCNCC(Cc1ccco1)c1ccccc1Cl. The van der Waals surface area contributed by atoms with Gasteiger partial charge in [0.2, 0.25) is 0 Å². The molecule has 96 valence electrons. The molecule has 2 nitrogen and oxygen atoms in total. The van der Waals surface area contributed by atoms with Crippen LogP contribution in [0.25, 0.3) is 0 Å². The molecule has 0 saturated carbocycles. The minimum Gasteiger partial charge on any atom is -0.469 e. The van der Waals surface area contributed by atoms with Crippen molar-refractivity contribution in [2.24, 2.45) is 0 Å². The Balaban J connectivity index is 2.16. The minimum atomic E-state index is 0.338. The van der Waals surface area contributed by atoms with Crippen LogP contribution in [0.2, 0.25) is 5.02 Å². The maximum atomic E-state index is 6.28. The van der Waals surface area contributed by atoms with Gasteiger partial charge in [-0.05, 0) is 30.3 Å². The smallest absolute Gasteiger partial charge is 0.104 e. The van der Waals surface area contributed by atoms with Gasteiger partial charge in [-0.15, -0.1) is 0 Å². The lowest BCUT2D eigenvalue weighted by atomic mass is 9.94. The summed E-state index contributed by atoms with van der Waals surface area (Å²) in [7, 11) is 0. The maximum absolute atomic E-state index is 6.28. The minimum absolute atomic E-state index is 0.338. The summed E-state index contributed by atoms with van der Waals surface area (Å²) in [6.07, 6.45) is 2.58. The van der Waals surface area contributed by atoms with Crippen LogP contribution < -0.4 is 5.32 Å². The number of likely N-dealkylation sites (N-methyl/N-ethyl adjacent to an activating group) is 1. The number of benzene rings is 1. The molecule has 2 rings (SSSR count). The summed E-state index contributed by atoms with van der Waals surface area (Å²) in [6, 6.07) is 12.0. The van der Waals surface area contributed by atoms with E-state index in [9.17, 15) is 0 Å². The van der Waals surface area contributed by atoms with Crippen molar-refractivity contribution < 1.29 is 4.42 Å². The molecule has 0 saturated heterocycles. The molecule has 1 atom stereocenters. The third-order valence-corrected chi connectivity index (χ3v) is 3.36. The fourth-order valence-electron chi connectivity index (χ4n) is 2.09. The Bertz CT molecular complexity index is 467. The summed E-state index contributed by atoms with van der Waals surface area (Å²) in [6.45, 7) is 3.97. The molecule has 1 heterocycles. The van der Waals surface area contributed by atoms with Crippen molar-refractivity contribution in [3.05, 3.63) is 59.0 Å². The summed E-state index contributed by atoms with van der Waals surface area (Å²) >= 11 is 6.28. The van der Waals surface area contributed by atoms with E-state index in [1.807, 2.05) is 30.3 Å². The lowest BCUT2D eigenvalue weighted by Gasteiger charge is -2.18. The summed E-state index contributed by atoms with van der Waals surface area (Å²) in [5, 5.41) is 4.21. The molecule has 0 aliphatic carbocycles. The normalized spacial score (nSPS) is 12.6. The first kappa shape index (κ1) is 13.2. The van der Waals surface area contributed by atoms with Crippen molar-refractivity contribution in [3.63, 3.8) is 0 Å². The second-order valence-electron chi connectivity index (χ2n) is 4.31. The highest BCUT2D eigenvalue weighted by molar-refractivity contribution is 6.31. The van der Waals surface area contributed by atoms with E-state index in [0.29, 0.717) is 5.92 Å². The van der Waals surface area contributed by atoms with Crippen molar-refractivity contribution in [2.45, 2.75) is 19.3 Å². The Morgan fingerprint density at radius 3 is 2.72 bits per heavy atom. The molecule has 0 amide bonds. The zero-order valence-corrected chi connectivity index (χ0v) is 11.3. The highest BCUT2D eigenvalue weighted by Gasteiger charge is 2.16. The Morgan fingerprint density at radius 1 is 1.22 bits per heavy atom. The molecule has 1 unspecified atom stereocenters. The van der Waals surface area contributed by atoms with Crippen LogP contribution in [0.1, 0.15) is 24.2 Å². The molecule has 0 aliphatic heterocycles. The van der Waals surface area contributed by atoms with Crippen LogP contribution in [0.3, 0.4) is 0 Å². The number of hydrogen-bond donors (Lipinski definition) is 1. The van der Waals surface area contributed by atoms with Gasteiger partial charge in [-0.25, -0.2) is 0 Å². The first-order valence-corrected chi connectivity index (χ1v) is 6.66. The molecule has 0 bridgehead atoms. The molecule has 0 spiro atoms. The fraction of sp³-hybridized carbons (Fsp3) is 0.333. The molecule has 18 heavy (non-hydrogen) atoms. The molecular formula is C15H18ClNO. The van der Waals surface area contributed by atoms with E-state index in [0.717, 1.165) is 30.3 Å². The van der Waals surface area contributed by atoms with Crippen LogP contribution in [0.15, 0.2) is 47.1 Å². The van der Waals surface area contributed by atoms with Gasteiger partial charge in [0, 0.05) is 23.9 Å². The van der Waals surface area contributed by atoms with Gasteiger partial charge in [-0.2, -0.15) is 0 Å². The van der Waals surface area contributed by atoms with Crippen LogP contribution >= 0.6 is 11.6 Å². The van der Waals surface area contributed by atoms with E-state index in [4.69, 9.17) is 16.0 Å². The molecule has 0 radical (unpaired) electrons. The third kappa shape index (κ3) is 3.37. The van der Waals surface area contributed by atoms with Crippen molar-refractivity contribution in [1.82, 2.24) is 5.32 Å². The van der Waals surface area contributed by atoms with Gasteiger partial charge in [0.1, 0.15) is 5.76 Å². The van der Waals surface area contributed by atoms with Gasteiger partial charge in [0.15, 0.2) is 0 Å². The summed E-state index contributed by atoms with van der Waals surface area (Å²) < 4.78 is 5.43. The van der Waals surface area contributed by atoms with Gasteiger partial charge < -0.3 is 9.73 Å². The highest BCUT2D eigenvalue weighted by Crippen LogP contribution is 2.27. The molecule has 1 N–H and O–H groups in total. The molecule has 1 aromatic carbocycles. The average molecular weight is 264 g/mol. The van der Waals surface area contributed by atoms with Crippen LogP contribution in [-0.2, 0) is 6.42 Å². The topological polar surface area (TPSA) is 25.2 Å². The third-order valence-electron chi connectivity index (χ3n) is 3.01. The summed E-state index contributed by atoms with van der Waals surface area (Å²) in [5.41, 5.74) is 1.18. The number of hydrogen-bond acceptors (Lipinski definition) is 2. The van der Waals surface area contributed by atoms with Crippen molar-refractivity contribution in [1.29, 1.82) is 0 Å². The average Bonchev–Trinajstić information content (AvgIpc) is 2.88. The standard InChI is InChI=1S/C15H18ClNO/c1-2-17-11-12(10-13-6-5-9-18-13)14-7-3-4-8-15(14)16/h3-9,12,17H,2,10-11H2,1H3. The van der Waals surface area contributed by atoms with Crippen LogP contribution in [0, 0.1) is 0 Å². The molecule has 3 heteroatoms. The summed E-state index contributed by atoms with van der Waals surface area (Å²) in [4.78, 5) is 0. The van der Waals surface area contributed by atoms with Crippen LogP contribution in [-0.4, -0.2) is 13.1 Å². The summed E-state index contributed by atoms with van der Waals surface area (Å²) in [5.74, 6) is 1.34. The Morgan fingerprint density at radius 2 is 2.06 bits per heavy atom. The molecular weight excluding hydrogens is 246 g/mol. The molecule has 2 aromatic rings. The second-order valence-corrected chi connectivity index (χ2v) is 4.72. The second kappa shape index (κ2) is 6.62. The zero-order valence-electron chi connectivity index (χ0n) is 10.5. The number of halogens is 1. The van der Waals surface area contributed by atoms with Crippen LogP contribution in [0.4, 0.5) is 0 Å². The first-order chi connectivity index (χ1) is 8.81. The maximum Gasteiger partial charge on any atom is 0.104 e. The van der Waals surface area contributed by atoms with Crippen molar-refractivity contribution >= 4 is 11.6 Å². The van der Waals surface area contributed by atoms with Crippen molar-refractivity contribution in [3.8, 4) is 0 Å². The van der Waals surface area contributed by atoms with Gasteiger partial charge >= 0.3 is 0 Å². The van der Waals surface area contributed by atoms with E-state index in [1.165, 1.54) is 5.56 Å². The Kier molecular flexibility index (Phi) is 4.85. The van der Waals surface area contributed by atoms with E-state index in [2.05, 4.69) is 18.3 Å². The van der Waals surface area contributed by atoms with Gasteiger partial charge in [-0.3, -0.25) is 0 Å². The lowest BCUT2D eigenvalue weighted by Crippen LogP contribution is -2.22. The zero-order chi connectivity index (χ0) is 12.8. The van der Waals surface area contributed by atoms with Gasteiger partial charge in [-0.1, -0.05) is 36.7 Å². The number of rotatable bonds is 6. The molecule has 0 aliphatic rings. The molecule has 1 aromatic heterocycles. The van der Waals surface area contributed by atoms with Gasteiger partial charge in [0.05, 0.1) is 6.26 Å². The first-order valence-electron chi connectivity index (χ1n) is 6.28. The Hall–Kier alpha value is -1.25. The number of nitrogens with one attached hydrogen (secondary N) is 1. The Labute approximate surface area is 113 Å². The predicted octanol–water partition coefficient (Wildman–Crippen LogP) is 3.87. The van der Waals surface area contributed by atoms with Gasteiger partial charge in [0.25, 0.3) is 0 Å². The highest BCUT2D eigenvalue weighted by atomic mass is 35.5. The predicted molar refractivity (Wildman–Crippen MR) is 75.1 cm³/mol. The molecule has 0 fully saturated rings. The lowest BCUT2D eigenvalue weighted by molar-refractivity contribution is 0.475. The van der Waals surface area contributed by atoms with E-state index >= 15 is 0 Å². The van der Waals surface area contributed by atoms with E-state index in [-0.39, 0.29) is 0 Å². The largest absolute Gasteiger partial charge is 0.469 e. The van der Waals surface area contributed by atoms with Crippen LogP contribution in [0.5, 0.6) is 0 Å². The van der Waals surface area contributed by atoms with E-state index in [1.54, 1.807) is 6.26 Å². The number of furan rings is 1. The van der Waals surface area contributed by atoms with E-state index < -0.39 is 0 Å². The van der Waals surface area contributed by atoms with Crippen molar-refractivity contribution in [2.75, 3.05) is 13.1 Å². The fourth-order valence-corrected chi connectivity index (χ4v) is 2.38.